The maximum Gasteiger partial charge on any atom is 0.252 e. The number of imidazole rings is 2. The number of ether oxygens (including phenoxy) is 1. The normalized spacial score (nSPS) is 11.8. The number of benzene rings is 2. The van der Waals surface area contributed by atoms with E-state index in [9.17, 15) is 9.18 Å². The zero-order valence-corrected chi connectivity index (χ0v) is 17.2. The SMILES string of the molecule is Cn1ccnc1COc1ccc(C(=O)N[C@@H](c2ccc(F)cc2)c2nccn2C)cc1. The predicted octanol–water partition coefficient (Wildman–Crippen LogP) is 3.39. The van der Waals surface area contributed by atoms with Crippen molar-refractivity contribution in [2.75, 3.05) is 0 Å². The Balaban J connectivity index is 1.48. The van der Waals surface area contributed by atoms with Gasteiger partial charge in [0.25, 0.3) is 5.91 Å². The Morgan fingerprint density at radius 2 is 1.68 bits per heavy atom. The Morgan fingerprint density at radius 3 is 2.29 bits per heavy atom. The van der Waals surface area contributed by atoms with Crippen LogP contribution in [0.25, 0.3) is 0 Å². The van der Waals surface area contributed by atoms with E-state index in [1.54, 1.807) is 55.0 Å². The van der Waals surface area contributed by atoms with Crippen molar-refractivity contribution in [1.29, 1.82) is 0 Å². The number of hydrogen-bond acceptors (Lipinski definition) is 4. The van der Waals surface area contributed by atoms with Crippen LogP contribution in [-0.4, -0.2) is 25.0 Å². The smallest absolute Gasteiger partial charge is 0.252 e. The maximum atomic E-state index is 13.4. The minimum atomic E-state index is -0.521. The maximum absolute atomic E-state index is 13.4. The second-order valence-electron chi connectivity index (χ2n) is 7.12. The van der Waals surface area contributed by atoms with Gasteiger partial charge in [0.2, 0.25) is 0 Å². The van der Waals surface area contributed by atoms with Crippen LogP contribution in [0.15, 0.2) is 73.3 Å². The number of nitrogens with one attached hydrogen (secondary N) is 1. The minimum Gasteiger partial charge on any atom is -0.486 e. The van der Waals surface area contributed by atoms with Gasteiger partial charge < -0.3 is 19.2 Å². The average molecular weight is 419 g/mol. The summed E-state index contributed by atoms with van der Waals surface area (Å²) < 4.78 is 22.8. The van der Waals surface area contributed by atoms with Gasteiger partial charge in [-0.15, -0.1) is 0 Å². The topological polar surface area (TPSA) is 74.0 Å². The van der Waals surface area contributed by atoms with E-state index in [-0.39, 0.29) is 11.7 Å². The molecule has 158 valence electrons. The molecule has 0 bridgehead atoms. The zero-order chi connectivity index (χ0) is 21.8. The number of aromatic nitrogens is 4. The first kappa shape index (κ1) is 20.3. The van der Waals surface area contributed by atoms with Crippen molar-refractivity contribution in [3.63, 3.8) is 0 Å². The molecule has 7 nitrogen and oxygen atoms in total. The van der Waals surface area contributed by atoms with Crippen molar-refractivity contribution in [2.45, 2.75) is 12.6 Å². The summed E-state index contributed by atoms with van der Waals surface area (Å²) >= 11 is 0. The van der Waals surface area contributed by atoms with Crippen LogP contribution in [0.1, 0.15) is 33.6 Å². The fourth-order valence-electron chi connectivity index (χ4n) is 3.21. The first-order chi connectivity index (χ1) is 15.0. The van der Waals surface area contributed by atoms with Gasteiger partial charge in [0.15, 0.2) is 0 Å². The number of amides is 1. The lowest BCUT2D eigenvalue weighted by Gasteiger charge is -2.19. The summed E-state index contributed by atoms with van der Waals surface area (Å²) in [5.41, 5.74) is 1.21. The third-order valence-electron chi connectivity index (χ3n) is 5.00. The lowest BCUT2D eigenvalue weighted by Crippen LogP contribution is -2.31. The van der Waals surface area contributed by atoms with Crippen molar-refractivity contribution >= 4 is 5.91 Å². The first-order valence-corrected chi connectivity index (χ1v) is 9.74. The Labute approximate surface area is 179 Å². The van der Waals surface area contributed by atoms with Crippen LogP contribution in [0.3, 0.4) is 0 Å². The molecule has 4 aromatic rings. The van der Waals surface area contributed by atoms with E-state index in [1.165, 1.54) is 12.1 Å². The summed E-state index contributed by atoms with van der Waals surface area (Å²) in [6, 6.07) is 12.4. The van der Waals surface area contributed by atoms with Gasteiger partial charge in [-0.3, -0.25) is 4.79 Å². The third kappa shape index (κ3) is 4.63. The van der Waals surface area contributed by atoms with Gasteiger partial charge >= 0.3 is 0 Å². The van der Waals surface area contributed by atoms with Crippen LogP contribution in [0.5, 0.6) is 5.75 Å². The summed E-state index contributed by atoms with van der Waals surface area (Å²) in [5.74, 6) is 1.48. The molecule has 31 heavy (non-hydrogen) atoms. The molecule has 1 amide bonds. The molecule has 0 aliphatic heterocycles. The molecule has 0 saturated carbocycles. The molecule has 8 heteroatoms. The van der Waals surface area contributed by atoms with E-state index < -0.39 is 6.04 Å². The van der Waals surface area contributed by atoms with Gasteiger partial charge in [-0.25, -0.2) is 14.4 Å². The fourth-order valence-corrected chi connectivity index (χ4v) is 3.21. The average Bonchev–Trinajstić information content (AvgIpc) is 3.39. The lowest BCUT2D eigenvalue weighted by molar-refractivity contribution is 0.0941. The van der Waals surface area contributed by atoms with Crippen molar-refractivity contribution in [3.8, 4) is 5.75 Å². The lowest BCUT2D eigenvalue weighted by atomic mass is 10.1. The molecule has 0 spiro atoms. The molecule has 0 fully saturated rings. The molecule has 0 saturated heterocycles. The molecular formula is C23H22FN5O2. The standard InChI is InChI=1S/C23H22FN5O2/c1-28-13-11-25-20(28)15-31-19-9-5-17(6-10-19)23(30)27-21(22-26-12-14-29(22)2)16-3-7-18(24)8-4-16/h3-14,21H,15H2,1-2H3,(H,27,30)/t21-/m0/s1. The molecule has 0 unspecified atom stereocenters. The molecule has 2 aromatic heterocycles. The Hall–Kier alpha value is -3.94. The highest BCUT2D eigenvalue weighted by Gasteiger charge is 2.21. The van der Waals surface area contributed by atoms with E-state index in [0.29, 0.717) is 23.7 Å². The van der Waals surface area contributed by atoms with Gasteiger partial charge in [-0.05, 0) is 42.0 Å². The number of halogens is 1. The number of nitrogens with zero attached hydrogens (tertiary/aromatic N) is 4. The molecule has 2 heterocycles. The molecular weight excluding hydrogens is 397 g/mol. The number of carbonyl (C=O) groups is 1. The molecule has 1 N–H and O–H groups in total. The third-order valence-corrected chi connectivity index (χ3v) is 5.00. The summed E-state index contributed by atoms with van der Waals surface area (Å²) in [4.78, 5) is 21.5. The van der Waals surface area contributed by atoms with Gasteiger partial charge in [0, 0.05) is 44.4 Å². The van der Waals surface area contributed by atoms with E-state index in [2.05, 4.69) is 15.3 Å². The fraction of sp³-hybridized carbons (Fsp3) is 0.174. The van der Waals surface area contributed by atoms with Gasteiger partial charge in [0.1, 0.15) is 35.9 Å². The number of rotatable bonds is 7. The van der Waals surface area contributed by atoms with Crippen LogP contribution in [0.2, 0.25) is 0 Å². The second kappa shape index (κ2) is 8.83. The minimum absolute atomic E-state index is 0.270. The highest BCUT2D eigenvalue weighted by molar-refractivity contribution is 5.94. The summed E-state index contributed by atoms with van der Waals surface area (Å²) in [7, 11) is 3.75. The Kier molecular flexibility index (Phi) is 5.79. The molecule has 0 radical (unpaired) electrons. The second-order valence-corrected chi connectivity index (χ2v) is 7.12. The largest absolute Gasteiger partial charge is 0.486 e. The predicted molar refractivity (Wildman–Crippen MR) is 113 cm³/mol. The van der Waals surface area contributed by atoms with Gasteiger partial charge in [0.05, 0.1) is 0 Å². The van der Waals surface area contributed by atoms with Crippen LogP contribution in [0, 0.1) is 5.82 Å². The summed E-state index contributed by atoms with van der Waals surface area (Å²) in [6.07, 6.45) is 7.02. The Bertz CT molecular complexity index is 1170. The molecule has 4 rings (SSSR count). The van der Waals surface area contributed by atoms with E-state index in [0.717, 1.165) is 11.4 Å². The van der Waals surface area contributed by atoms with E-state index in [4.69, 9.17) is 4.74 Å². The van der Waals surface area contributed by atoms with Crippen LogP contribution >= 0.6 is 0 Å². The monoisotopic (exact) mass is 419 g/mol. The zero-order valence-electron chi connectivity index (χ0n) is 17.2. The molecule has 0 aliphatic rings. The van der Waals surface area contributed by atoms with Crippen LogP contribution < -0.4 is 10.1 Å². The molecule has 0 aliphatic carbocycles. The summed E-state index contributed by atoms with van der Waals surface area (Å²) in [5, 5.41) is 2.99. The highest BCUT2D eigenvalue weighted by atomic mass is 19.1. The van der Waals surface area contributed by atoms with Crippen LogP contribution in [-0.2, 0) is 20.7 Å². The molecule has 1 atom stereocenters. The number of hydrogen-bond donors (Lipinski definition) is 1. The van der Waals surface area contributed by atoms with Gasteiger partial charge in [-0.1, -0.05) is 12.1 Å². The highest BCUT2D eigenvalue weighted by Crippen LogP contribution is 2.22. The van der Waals surface area contributed by atoms with Gasteiger partial charge in [-0.2, -0.15) is 0 Å². The van der Waals surface area contributed by atoms with Crippen molar-refractivity contribution < 1.29 is 13.9 Å². The van der Waals surface area contributed by atoms with E-state index >= 15 is 0 Å². The van der Waals surface area contributed by atoms with Crippen molar-refractivity contribution in [2.24, 2.45) is 14.1 Å². The first-order valence-electron chi connectivity index (χ1n) is 9.74. The summed E-state index contributed by atoms with van der Waals surface area (Å²) in [6.45, 7) is 0.334. The van der Waals surface area contributed by atoms with E-state index in [1.807, 2.05) is 29.4 Å². The number of aryl methyl sites for hydroxylation is 2. The van der Waals surface area contributed by atoms with Crippen LogP contribution in [0.4, 0.5) is 4.39 Å². The van der Waals surface area contributed by atoms with Crippen molar-refractivity contribution in [1.82, 2.24) is 24.4 Å². The Morgan fingerprint density at radius 1 is 1.00 bits per heavy atom. The molecule has 2 aromatic carbocycles. The quantitative estimate of drug-likeness (QED) is 0.498. The van der Waals surface area contributed by atoms with Crippen molar-refractivity contribution in [3.05, 3.63) is 102 Å². The number of carbonyl (C=O) groups excluding carboxylic acids is 1.